The van der Waals surface area contributed by atoms with E-state index in [0.29, 0.717) is 24.6 Å². The molecule has 5 nitrogen and oxygen atoms in total. The zero-order chi connectivity index (χ0) is 17.4. The van der Waals surface area contributed by atoms with Gasteiger partial charge in [-0.3, -0.25) is 14.6 Å². The Morgan fingerprint density at radius 2 is 2.29 bits per heavy atom. The molecule has 1 aromatic rings. The van der Waals surface area contributed by atoms with Gasteiger partial charge in [-0.1, -0.05) is 5.92 Å². The van der Waals surface area contributed by atoms with Crippen molar-refractivity contribution in [2.24, 2.45) is 5.92 Å². The van der Waals surface area contributed by atoms with Gasteiger partial charge in [-0.25, -0.2) is 0 Å². The Morgan fingerprint density at radius 3 is 3.04 bits per heavy atom. The van der Waals surface area contributed by atoms with Gasteiger partial charge in [0.25, 0.3) is 0 Å². The minimum Gasteiger partial charge on any atom is -0.466 e. The maximum Gasteiger partial charge on any atom is 0.311 e. The molecule has 0 bridgehead atoms. The van der Waals surface area contributed by atoms with Gasteiger partial charge in [0.2, 0.25) is 5.78 Å². The Labute approximate surface area is 143 Å². The summed E-state index contributed by atoms with van der Waals surface area (Å²) in [7, 11) is 0. The molecule has 0 aromatic carbocycles. The van der Waals surface area contributed by atoms with Crippen molar-refractivity contribution >= 4 is 17.4 Å². The SMILES string of the molecule is CC#CC(=O)C[C@@H]1CCCN(c2ccnc(CC(=O)OCC)c2)C1. The van der Waals surface area contributed by atoms with Gasteiger partial charge in [-0.05, 0) is 50.7 Å². The van der Waals surface area contributed by atoms with Gasteiger partial charge in [-0.15, -0.1) is 0 Å². The van der Waals surface area contributed by atoms with Gasteiger partial charge in [0.05, 0.1) is 18.7 Å². The van der Waals surface area contributed by atoms with Gasteiger partial charge in [0, 0.05) is 31.4 Å². The fourth-order valence-corrected chi connectivity index (χ4v) is 3.04. The first-order chi connectivity index (χ1) is 11.6. The second-order valence-corrected chi connectivity index (χ2v) is 5.94. The number of Topliss-reactive ketones (excluding diaryl/α,β-unsaturated/α-hetero) is 1. The molecule has 2 heterocycles. The van der Waals surface area contributed by atoms with Crippen molar-refractivity contribution in [3.63, 3.8) is 0 Å². The molecule has 5 heteroatoms. The minimum absolute atomic E-state index is 0.0158. The number of ketones is 1. The van der Waals surface area contributed by atoms with Crippen LogP contribution in [-0.4, -0.2) is 36.4 Å². The molecule has 2 rings (SSSR count). The fourth-order valence-electron chi connectivity index (χ4n) is 3.04. The van der Waals surface area contributed by atoms with E-state index in [-0.39, 0.29) is 18.2 Å². The summed E-state index contributed by atoms with van der Waals surface area (Å²) in [5, 5.41) is 0. The molecule has 1 aliphatic heterocycles. The molecule has 0 radical (unpaired) electrons. The molecule has 1 atom stereocenters. The maximum atomic E-state index is 11.7. The fraction of sp³-hybridized carbons (Fsp3) is 0.526. The Balaban J connectivity index is 2.00. The Morgan fingerprint density at radius 1 is 1.46 bits per heavy atom. The maximum absolute atomic E-state index is 11.7. The molecule has 0 spiro atoms. The topological polar surface area (TPSA) is 59.5 Å². The number of esters is 1. The predicted octanol–water partition coefficient (Wildman–Crippen LogP) is 2.39. The standard InChI is InChI=1S/C19H24N2O3/c1-3-6-18(22)11-15-7-5-10-21(14-15)17-8-9-20-16(12-17)13-19(23)24-4-2/h8-9,12,15H,4-5,7,10-11,13-14H2,1-2H3/t15-/m0/s1. The van der Waals surface area contributed by atoms with Crippen LogP contribution in [0.15, 0.2) is 18.3 Å². The first-order valence-corrected chi connectivity index (χ1v) is 8.43. The highest BCUT2D eigenvalue weighted by molar-refractivity contribution is 5.95. The number of pyridine rings is 1. The molecule has 1 aliphatic rings. The lowest BCUT2D eigenvalue weighted by Crippen LogP contribution is -2.36. The molecular formula is C19H24N2O3. The summed E-state index contributed by atoms with van der Waals surface area (Å²) in [4.78, 5) is 29.9. The normalized spacial score (nSPS) is 16.9. The number of piperidine rings is 1. The van der Waals surface area contributed by atoms with E-state index in [1.807, 2.05) is 12.1 Å². The summed E-state index contributed by atoms with van der Waals surface area (Å²) >= 11 is 0. The molecule has 1 saturated heterocycles. The van der Waals surface area contributed by atoms with Gasteiger partial charge >= 0.3 is 5.97 Å². The number of aromatic nitrogens is 1. The molecule has 0 saturated carbocycles. The zero-order valence-electron chi connectivity index (χ0n) is 14.4. The van der Waals surface area contributed by atoms with E-state index in [0.717, 1.165) is 31.6 Å². The van der Waals surface area contributed by atoms with Gasteiger partial charge in [0.1, 0.15) is 0 Å². The van der Waals surface area contributed by atoms with Gasteiger partial charge < -0.3 is 9.64 Å². The number of hydrogen-bond acceptors (Lipinski definition) is 5. The van der Waals surface area contributed by atoms with Crippen LogP contribution in [0.4, 0.5) is 5.69 Å². The summed E-state index contributed by atoms with van der Waals surface area (Å²) in [5.41, 5.74) is 1.75. The van der Waals surface area contributed by atoms with E-state index in [2.05, 4.69) is 21.7 Å². The lowest BCUT2D eigenvalue weighted by molar-refractivity contribution is -0.142. The molecule has 128 valence electrons. The van der Waals surface area contributed by atoms with E-state index in [1.54, 1.807) is 20.0 Å². The highest BCUT2D eigenvalue weighted by Gasteiger charge is 2.22. The number of carbonyl (C=O) groups is 2. The van der Waals surface area contributed by atoms with Crippen LogP contribution in [0.2, 0.25) is 0 Å². The lowest BCUT2D eigenvalue weighted by atomic mass is 9.92. The lowest BCUT2D eigenvalue weighted by Gasteiger charge is -2.34. The van der Waals surface area contributed by atoms with Crippen LogP contribution in [-0.2, 0) is 20.7 Å². The highest BCUT2D eigenvalue weighted by Crippen LogP contribution is 2.25. The minimum atomic E-state index is -0.262. The molecule has 0 aliphatic carbocycles. The number of rotatable bonds is 6. The third-order valence-electron chi connectivity index (χ3n) is 4.05. The average Bonchev–Trinajstić information content (AvgIpc) is 2.56. The summed E-state index contributed by atoms with van der Waals surface area (Å²) in [5.74, 6) is 5.37. The first-order valence-electron chi connectivity index (χ1n) is 8.43. The van der Waals surface area contributed by atoms with Gasteiger partial charge in [0.15, 0.2) is 0 Å². The zero-order valence-corrected chi connectivity index (χ0v) is 14.4. The van der Waals surface area contributed by atoms with Crippen LogP contribution < -0.4 is 4.90 Å². The number of carbonyl (C=O) groups excluding carboxylic acids is 2. The highest BCUT2D eigenvalue weighted by atomic mass is 16.5. The van der Waals surface area contributed by atoms with Crippen LogP contribution in [0.5, 0.6) is 0 Å². The third kappa shape index (κ3) is 5.38. The monoisotopic (exact) mass is 328 g/mol. The second kappa shape index (κ2) is 9.07. The van der Waals surface area contributed by atoms with Crippen molar-refractivity contribution < 1.29 is 14.3 Å². The predicted molar refractivity (Wildman–Crippen MR) is 92.6 cm³/mol. The Bertz CT molecular complexity index is 646. The third-order valence-corrected chi connectivity index (χ3v) is 4.05. The van der Waals surface area contributed by atoms with Crippen LogP contribution in [0.3, 0.4) is 0 Å². The average molecular weight is 328 g/mol. The molecule has 0 N–H and O–H groups in total. The van der Waals surface area contributed by atoms with Crippen molar-refractivity contribution in [1.29, 1.82) is 0 Å². The molecule has 1 fully saturated rings. The number of anilines is 1. The Hall–Kier alpha value is -2.35. The first kappa shape index (κ1) is 18.0. The largest absolute Gasteiger partial charge is 0.466 e. The quantitative estimate of drug-likeness (QED) is 0.456. The van der Waals surface area contributed by atoms with Gasteiger partial charge in [-0.2, -0.15) is 0 Å². The van der Waals surface area contributed by atoms with Crippen LogP contribution >= 0.6 is 0 Å². The van der Waals surface area contributed by atoms with E-state index < -0.39 is 0 Å². The van der Waals surface area contributed by atoms with Crippen molar-refractivity contribution in [3.8, 4) is 11.8 Å². The Kier molecular flexibility index (Phi) is 6.80. The molecule has 0 unspecified atom stereocenters. The van der Waals surface area contributed by atoms with Crippen LogP contribution in [0.25, 0.3) is 0 Å². The molecule has 0 amide bonds. The summed E-state index contributed by atoms with van der Waals surface area (Å²) in [6.45, 7) is 5.64. The summed E-state index contributed by atoms with van der Waals surface area (Å²) < 4.78 is 4.97. The van der Waals surface area contributed by atoms with E-state index in [1.165, 1.54) is 0 Å². The number of nitrogens with zero attached hydrogens (tertiary/aromatic N) is 2. The van der Waals surface area contributed by atoms with E-state index in [4.69, 9.17) is 4.74 Å². The molecular weight excluding hydrogens is 304 g/mol. The van der Waals surface area contributed by atoms with Crippen LogP contribution in [0, 0.1) is 17.8 Å². The van der Waals surface area contributed by atoms with Crippen molar-refractivity contribution in [3.05, 3.63) is 24.0 Å². The second-order valence-electron chi connectivity index (χ2n) is 5.94. The van der Waals surface area contributed by atoms with E-state index in [9.17, 15) is 9.59 Å². The van der Waals surface area contributed by atoms with Crippen molar-refractivity contribution in [1.82, 2.24) is 4.98 Å². The summed E-state index contributed by atoms with van der Waals surface area (Å²) in [6, 6.07) is 3.89. The van der Waals surface area contributed by atoms with Crippen molar-refractivity contribution in [2.75, 3.05) is 24.6 Å². The van der Waals surface area contributed by atoms with E-state index >= 15 is 0 Å². The molecule has 1 aromatic heterocycles. The number of ether oxygens (including phenoxy) is 1. The van der Waals surface area contributed by atoms with Crippen molar-refractivity contribution in [2.45, 2.75) is 39.5 Å². The summed E-state index contributed by atoms with van der Waals surface area (Å²) in [6.07, 6.45) is 4.52. The smallest absolute Gasteiger partial charge is 0.311 e. The molecule has 24 heavy (non-hydrogen) atoms. The number of hydrogen-bond donors (Lipinski definition) is 0. The van der Waals surface area contributed by atoms with Crippen LogP contribution in [0.1, 0.15) is 38.8 Å².